The van der Waals surface area contributed by atoms with Crippen LogP contribution in [0.4, 0.5) is 0 Å². The van der Waals surface area contributed by atoms with Gasteiger partial charge in [-0.3, -0.25) is 19.2 Å². The van der Waals surface area contributed by atoms with E-state index in [2.05, 4.69) is 0 Å². The number of carbonyl (C=O) groups is 4. The highest BCUT2D eigenvalue weighted by atomic mass is 16.5. The van der Waals surface area contributed by atoms with Crippen molar-refractivity contribution in [2.45, 2.75) is 62.4 Å². The van der Waals surface area contributed by atoms with Crippen LogP contribution in [-0.4, -0.2) is 86.7 Å². The molecule has 11 nitrogen and oxygen atoms in total. The lowest BCUT2D eigenvalue weighted by atomic mass is 9.51. The number of Topliss-reactive ketones (excluding diaryl/α,β-unsaturated/α-hetero) is 2. The Morgan fingerprint density at radius 3 is 2.36 bits per heavy atom. The van der Waals surface area contributed by atoms with Gasteiger partial charge in [-0.1, -0.05) is 31.9 Å². The number of benzene rings is 1. The minimum Gasteiger partial charge on any atom is -0.507 e. The fraction of sp³-hybridized carbons (Fsp3) is 0.571. The number of ether oxygens (including phenoxy) is 1. The molecule has 3 fully saturated rings. The molecule has 2 unspecified atom stereocenters. The Morgan fingerprint density at radius 2 is 1.77 bits per heavy atom. The number of ketones is 2. The van der Waals surface area contributed by atoms with Crippen molar-refractivity contribution in [3.63, 3.8) is 0 Å². The van der Waals surface area contributed by atoms with Crippen molar-refractivity contribution < 1.29 is 44.3 Å². The molecule has 0 bridgehead atoms. The van der Waals surface area contributed by atoms with Gasteiger partial charge in [0.05, 0.1) is 23.5 Å². The van der Waals surface area contributed by atoms with E-state index in [0.717, 1.165) is 12.8 Å². The summed E-state index contributed by atoms with van der Waals surface area (Å²) < 4.78 is 6.10. The number of rotatable bonds is 4. The topological polar surface area (TPSA) is 188 Å². The molecule has 0 aromatic heterocycles. The fourth-order valence-corrected chi connectivity index (χ4v) is 7.44. The van der Waals surface area contributed by atoms with Crippen molar-refractivity contribution in [1.29, 1.82) is 0 Å². The number of likely N-dealkylation sites (N-methyl/N-ethyl adjacent to an activating group) is 1. The highest BCUT2D eigenvalue weighted by Crippen LogP contribution is 2.56. The van der Waals surface area contributed by atoms with E-state index in [4.69, 9.17) is 10.5 Å². The third kappa shape index (κ3) is 3.74. The van der Waals surface area contributed by atoms with Gasteiger partial charge in [0.15, 0.2) is 11.4 Å². The second kappa shape index (κ2) is 9.42. The molecule has 0 aliphatic heterocycles. The third-order valence-corrected chi connectivity index (χ3v) is 9.27. The predicted octanol–water partition coefficient (Wildman–Crippen LogP) is 0.402. The van der Waals surface area contributed by atoms with Crippen molar-refractivity contribution in [2.75, 3.05) is 14.1 Å². The zero-order valence-electron chi connectivity index (χ0n) is 22.0. The van der Waals surface area contributed by atoms with Gasteiger partial charge in [0.25, 0.3) is 0 Å². The highest BCUT2D eigenvalue weighted by Gasteiger charge is 2.72. The van der Waals surface area contributed by atoms with Crippen LogP contribution in [0, 0.1) is 23.7 Å². The molecule has 4 aliphatic rings. The molecule has 0 heterocycles. The van der Waals surface area contributed by atoms with E-state index in [1.54, 1.807) is 33.2 Å². The number of amides is 1. The molecule has 5 rings (SSSR count). The first-order chi connectivity index (χ1) is 18.3. The Hall–Kier alpha value is -3.28. The summed E-state index contributed by atoms with van der Waals surface area (Å²) in [5, 5.41) is 45.2. The molecule has 1 aromatic carbocycles. The largest absolute Gasteiger partial charge is 0.507 e. The molecule has 0 saturated heterocycles. The van der Waals surface area contributed by atoms with Crippen LogP contribution in [0.25, 0.3) is 5.76 Å². The van der Waals surface area contributed by atoms with E-state index >= 15 is 0 Å². The van der Waals surface area contributed by atoms with Gasteiger partial charge in [0.2, 0.25) is 11.7 Å². The summed E-state index contributed by atoms with van der Waals surface area (Å²) in [6.07, 6.45) is -0.160. The second-order valence-corrected chi connectivity index (χ2v) is 11.5. The Kier molecular flexibility index (Phi) is 6.60. The molecule has 1 amide bonds. The zero-order chi connectivity index (χ0) is 28.5. The summed E-state index contributed by atoms with van der Waals surface area (Å²) in [7, 11) is 3.09. The first-order valence-electron chi connectivity index (χ1n) is 13.2. The standard InChI is InChI=1S/C28H34N2O9/c1-11-13-9-6-10-14(31)16(13)21(32)17-15(11)23(39-27(37)12-7-4-5-8-12)19-20(30(2)3)22(33)18(26(29)36)25(35)28(19,38)24(17)34/h6,9-12,15,18-20,22-23,31-33,38H,4-5,7-8H2,1-3H3,(H2,29,36)/t11-,15+,18?,19+,20-,22?,23-,28-/m1/s1. The fourth-order valence-electron chi connectivity index (χ4n) is 7.44. The van der Waals surface area contributed by atoms with Gasteiger partial charge in [-0.2, -0.15) is 0 Å². The monoisotopic (exact) mass is 542 g/mol. The summed E-state index contributed by atoms with van der Waals surface area (Å²) in [6.45, 7) is 1.74. The van der Waals surface area contributed by atoms with Crippen molar-refractivity contribution in [1.82, 2.24) is 4.90 Å². The minimum atomic E-state index is -2.95. The van der Waals surface area contributed by atoms with Crippen LogP contribution in [0.5, 0.6) is 5.75 Å². The van der Waals surface area contributed by atoms with Gasteiger partial charge in [-0.05, 0) is 44.5 Å². The van der Waals surface area contributed by atoms with Crippen LogP contribution in [-0.2, 0) is 23.9 Å². The number of nitrogens with two attached hydrogens (primary N) is 1. The van der Waals surface area contributed by atoms with Crippen molar-refractivity contribution in [2.24, 2.45) is 29.4 Å². The number of primary amides is 1. The molecule has 39 heavy (non-hydrogen) atoms. The Labute approximate surface area is 225 Å². The summed E-state index contributed by atoms with van der Waals surface area (Å²) in [6, 6.07) is 3.38. The van der Waals surface area contributed by atoms with Crippen molar-refractivity contribution in [3.05, 3.63) is 34.9 Å². The van der Waals surface area contributed by atoms with Crippen LogP contribution in [0.15, 0.2) is 23.8 Å². The minimum absolute atomic E-state index is 0.0218. The molecule has 3 saturated carbocycles. The molecule has 1 aromatic rings. The lowest BCUT2D eigenvalue weighted by Crippen LogP contribution is -2.77. The van der Waals surface area contributed by atoms with E-state index < -0.39 is 82.6 Å². The van der Waals surface area contributed by atoms with Gasteiger partial charge in [0.1, 0.15) is 23.5 Å². The van der Waals surface area contributed by atoms with Crippen LogP contribution < -0.4 is 5.73 Å². The van der Waals surface area contributed by atoms with E-state index in [-0.39, 0.29) is 16.9 Å². The summed E-state index contributed by atoms with van der Waals surface area (Å²) in [4.78, 5) is 55.1. The van der Waals surface area contributed by atoms with Crippen LogP contribution in [0.2, 0.25) is 0 Å². The van der Waals surface area contributed by atoms with Gasteiger partial charge in [-0.15, -0.1) is 0 Å². The van der Waals surface area contributed by atoms with Crippen molar-refractivity contribution in [3.8, 4) is 5.75 Å². The first-order valence-corrected chi connectivity index (χ1v) is 13.2. The average Bonchev–Trinajstić information content (AvgIpc) is 3.41. The normalized spacial score (nSPS) is 36.4. The van der Waals surface area contributed by atoms with E-state index in [1.165, 1.54) is 11.0 Å². The zero-order valence-corrected chi connectivity index (χ0v) is 22.0. The van der Waals surface area contributed by atoms with E-state index in [1.807, 2.05) is 0 Å². The maximum absolute atomic E-state index is 14.2. The van der Waals surface area contributed by atoms with Gasteiger partial charge < -0.3 is 35.8 Å². The van der Waals surface area contributed by atoms with Crippen LogP contribution in [0.1, 0.15) is 49.7 Å². The number of aliphatic hydroxyl groups is 3. The number of esters is 1. The maximum atomic E-state index is 14.2. The lowest BCUT2D eigenvalue weighted by molar-refractivity contribution is -0.208. The quantitative estimate of drug-likeness (QED) is 0.263. The highest BCUT2D eigenvalue weighted by molar-refractivity contribution is 6.25. The number of phenolic OH excluding ortho intramolecular Hbond substituents is 1. The van der Waals surface area contributed by atoms with E-state index in [0.29, 0.717) is 18.4 Å². The number of nitrogens with zero attached hydrogens (tertiary/aromatic N) is 1. The molecule has 4 aliphatic carbocycles. The molecule has 6 N–H and O–H groups in total. The second-order valence-electron chi connectivity index (χ2n) is 11.5. The smallest absolute Gasteiger partial charge is 0.309 e. The SMILES string of the molecule is C[C@@H]1c2cccc(O)c2C(O)=C2C(=O)[C@@]3(O)C(=O)C(C(N)=O)C(O)[C@H](N(C)C)[C@H]3[C@H](OC(=O)C3CCCC3)[C@H]21. The average molecular weight is 543 g/mol. The van der Waals surface area contributed by atoms with Crippen molar-refractivity contribution >= 4 is 29.2 Å². The van der Waals surface area contributed by atoms with E-state index in [9.17, 15) is 39.6 Å². The summed E-state index contributed by atoms with van der Waals surface area (Å²) >= 11 is 0. The molecule has 210 valence electrons. The Balaban J connectivity index is 1.77. The molecule has 8 atom stereocenters. The number of hydrogen-bond acceptors (Lipinski definition) is 10. The first kappa shape index (κ1) is 27.3. The number of aromatic hydroxyl groups is 1. The molecular formula is C28H34N2O9. The number of fused-ring (bicyclic) bond motifs is 3. The number of aliphatic hydroxyl groups excluding tert-OH is 2. The Bertz CT molecular complexity index is 1280. The van der Waals surface area contributed by atoms with Crippen LogP contribution in [0.3, 0.4) is 0 Å². The lowest BCUT2D eigenvalue weighted by Gasteiger charge is -2.57. The summed E-state index contributed by atoms with van der Waals surface area (Å²) in [5.41, 5.74) is 2.60. The number of phenols is 1. The van der Waals surface area contributed by atoms with Gasteiger partial charge >= 0.3 is 5.97 Å². The van der Waals surface area contributed by atoms with Gasteiger partial charge in [0, 0.05) is 17.5 Å². The number of hydrogen-bond donors (Lipinski definition) is 5. The molecule has 0 spiro atoms. The maximum Gasteiger partial charge on any atom is 0.309 e. The van der Waals surface area contributed by atoms with Crippen LogP contribution >= 0.6 is 0 Å². The molecule has 0 radical (unpaired) electrons. The third-order valence-electron chi connectivity index (χ3n) is 9.27. The number of carbonyl (C=O) groups excluding carboxylic acids is 4. The predicted molar refractivity (Wildman–Crippen MR) is 136 cm³/mol. The van der Waals surface area contributed by atoms with Gasteiger partial charge in [-0.25, -0.2) is 0 Å². The Morgan fingerprint density at radius 1 is 1.13 bits per heavy atom. The summed E-state index contributed by atoms with van der Waals surface area (Å²) in [5.74, 6) is -10.7. The molecule has 11 heteroatoms. The molecular weight excluding hydrogens is 508 g/mol.